The fourth-order valence-electron chi connectivity index (χ4n) is 4.66. The number of alkyl halides is 6. The van der Waals surface area contributed by atoms with Crippen LogP contribution in [0.1, 0.15) is 63.0 Å². The van der Waals surface area contributed by atoms with Crippen molar-refractivity contribution in [3.05, 3.63) is 53.6 Å². The summed E-state index contributed by atoms with van der Waals surface area (Å²) in [5.41, 5.74) is -2.97. The van der Waals surface area contributed by atoms with E-state index in [4.69, 9.17) is 4.74 Å². The van der Waals surface area contributed by atoms with E-state index in [1.54, 1.807) is 16.9 Å². The minimum Gasteiger partial charge on any atom is -0.494 e. The molecule has 0 radical (unpaired) electrons. The van der Waals surface area contributed by atoms with E-state index in [0.29, 0.717) is 19.4 Å². The number of unbranched alkanes of at least 4 members (excludes halogenated alkanes) is 2. The van der Waals surface area contributed by atoms with Crippen molar-refractivity contribution in [2.75, 3.05) is 6.61 Å². The highest BCUT2D eigenvalue weighted by Crippen LogP contribution is 2.49. The number of ether oxygens (including phenoxy) is 1. The van der Waals surface area contributed by atoms with Gasteiger partial charge in [0.25, 0.3) is 5.91 Å². The minimum atomic E-state index is -4.92. The summed E-state index contributed by atoms with van der Waals surface area (Å²) in [5, 5.41) is 19.7. The molecule has 1 aliphatic rings. The number of nitrogens with zero attached hydrogens (tertiary/aromatic N) is 5. The van der Waals surface area contributed by atoms with Gasteiger partial charge >= 0.3 is 12.4 Å². The van der Waals surface area contributed by atoms with E-state index < -0.39 is 36.6 Å². The minimum absolute atomic E-state index is 0.0197. The summed E-state index contributed by atoms with van der Waals surface area (Å²) in [6.45, 7) is 4.57. The molecule has 9 nitrogen and oxygen atoms in total. The Hall–Kier alpha value is -3.91. The zero-order chi connectivity index (χ0) is 29.8. The van der Waals surface area contributed by atoms with Gasteiger partial charge in [0.15, 0.2) is 11.4 Å². The molecule has 0 fully saturated rings. The van der Waals surface area contributed by atoms with Crippen LogP contribution in [0.4, 0.5) is 26.3 Å². The molecular weight excluding hydrogens is 556 g/mol. The van der Waals surface area contributed by atoms with Gasteiger partial charge in [-0.1, -0.05) is 26.0 Å². The quantitative estimate of drug-likeness (QED) is 0.229. The van der Waals surface area contributed by atoms with Crippen LogP contribution in [0.2, 0.25) is 0 Å². The third-order valence-corrected chi connectivity index (χ3v) is 6.59. The van der Waals surface area contributed by atoms with Crippen LogP contribution >= 0.6 is 0 Å². The van der Waals surface area contributed by atoms with Gasteiger partial charge in [-0.2, -0.15) is 31.4 Å². The number of hydrogen-bond acceptors (Lipinski definition) is 6. The Morgan fingerprint density at radius 1 is 1.05 bits per heavy atom. The predicted octanol–water partition coefficient (Wildman–Crippen LogP) is 5.44. The lowest BCUT2D eigenvalue weighted by molar-refractivity contribution is -0.201. The summed E-state index contributed by atoms with van der Waals surface area (Å²) in [6.07, 6.45) is -8.43. The van der Waals surface area contributed by atoms with Gasteiger partial charge in [-0.15, -0.1) is 5.10 Å². The average molecular weight is 586 g/mol. The monoisotopic (exact) mass is 585 g/mol. The molecule has 0 bridgehead atoms. The van der Waals surface area contributed by atoms with E-state index in [0.717, 1.165) is 0 Å². The number of amides is 1. The zero-order valence-corrected chi connectivity index (χ0v) is 22.3. The van der Waals surface area contributed by atoms with Gasteiger partial charge < -0.3 is 10.1 Å². The number of tetrazole rings is 1. The smallest absolute Gasteiger partial charge is 0.416 e. The fraction of sp³-hybridized carbons (Fsp3) is 0.500. The number of carbonyl (C=O) groups is 1. The molecule has 1 atom stereocenters. The summed E-state index contributed by atoms with van der Waals surface area (Å²) in [5.74, 6) is -0.648. The Kier molecular flexibility index (Phi) is 8.73. The number of halogens is 6. The highest BCUT2D eigenvalue weighted by molar-refractivity contribution is 6.27. The van der Waals surface area contributed by atoms with Crippen LogP contribution in [-0.2, 0) is 16.9 Å². The fourth-order valence-corrected chi connectivity index (χ4v) is 4.66. The lowest BCUT2D eigenvalue weighted by atomic mass is 9.77. The second-order valence-corrected chi connectivity index (χ2v) is 10.3. The first-order valence-electron chi connectivity index (χ1n) is 13.0. The van der Waals surface area contributed by atoms with Crippen LogP contribution in [0.25, 0.3) is 11.1 Å². The number of benzene rings is 1. The summed E-state index contributed by atoms with van der Waals surface area (Å²) in [4.78, 5) is 13.3. The molecule has 0 unspecified atom stereocenters. The summed E-state index contributed by atoms with van der Waals surface area (Å²) < 4.78 is 88.5. The van der Waals surface area contributed by atoms with E-state index in [9.17, 15) is 31.1 Å². The molecule has 3 heterocycles. The topological polar surface area (TPSA) is 111 Å². The molecule has 0 spiro atoms. The Morgan fingerprint density at radius 3 is 2.39 bits per heavy atom. The van der Waals surface area contributed by atoms with Gasteiger partial charge in [-0.05, 0) is 64.9 Å². The van der Waals surface area contributed by atoms with Gasteiger partial charge in [-0.25, -0.2) is 5.10 Å². The Labute approximate surface area is 231 Å². The number of nitrogens with one attached hydrogen (secondary N) is 2. The van der Waals surface area contributed by atoms with Crippen molar-refractivity contribution in [2.24, 2.45) is 5.92 Å². The molecule has 15 heteroatoms. The largest absolute Gasteiger partial charge is 0.494 e. The maximum absolute atomic E-state index is 14.9. The molecule has 0 saturated heterocycles. The summed E-state index contributed by atoms with van der Waals surface area (Å²) >= 11 is 0. The second-order valence-electron chi connectivity index (χ2n) is 10.3. The zero-order valence-electron chi connectivity index (χ0n) is 22.3. The summed E-state index contributed by atoms with van der Waals surface area (Å²) in [6, 6.07) is 6.64. The van der Waals surface area contributed by atoms with Crippen molar-refractivity contribution in [3.8, 4) is 5.75 Å². The standard InChI is InChI=1S/C26H29F6N7O2/c1-16(2)15-39-12-10-20(36-39)19-14-24(26(30,31)32,33-23(40)21(19)22-34-37-38-35-22)17-6-8-18(9-7-17)41-13-5-3-4-11-25(27,28)29/h6-10,12,16H,3-5,11,13-15H2,1-2H3,(H,33,40)(H,34,35,37,38)/t24-/m0/s1. The first-order chi connectivity index (χ1) is 19.3. The third kappa shape index (κ3) is 7.06. The maximum Gasteiger partial charge on any atom is 0.416 e. The first-order valence-corrected chi connectivity index (χ1v) is 13.0. The number of rotatable bonds is 11. The number of H-pyrrole nitrogens is 1. The molecule has 0 aliphatic carbocycles. The third-order valence-electron chi connectivity index (χ3n) is 6.59. The van der Waals surface area contributed by atoms with Crippen molar-refractivity contribution in [1.29, 1.82) is 0 Å². The summed E-state index contributed by atoms with van der Waals surface area (Å²) in [7, 11) is 0. The molecule has 1 amide bonds. The first kappa shape index (κ1) is 30.1. The normalized spacial score (nSPS) is 18.2. The maximum atomic E-state index is 14.9. The molecule has 3 aromatic rings. The van der Waals surface area contributed by atoms with Crippen molar-refractivity contribution < 1.29 is 35.9 Å². The number of hydrogen-bond donors (Lipinski definition) is 2. The van der Waals surface area contributed by atoms with E-state index in [2.05, 4.69) is 31.0 Å². The van der Waals surface area contributed by atoms with Crippen molar-refractivity contribution in [1.82, 2.24) is 35.7 Å². The van der Waals surface area contributed by atoms with Gasteiger partial charge in [0, 0.05) is 25.6 Å². The van der Waals surface area contributed by atoms with Gasteiger partial charge in [0.2, 0.25) is 0 Å². The van der Waals surface area contributed by atoms with Gasteiger partial charge in [0.1, 0.15) is 5.75 Å². The molecular formula is C26H29F6N7O2. The molecule has 1 aromatic carbocycles. The molecule has 4 rings (SSSR count). The van der Waals surface area contributed by atoms with Crippen LogP contribution < -0.4 is 10.1 Å². The Bertz CT molecular complexity index is 1350. The molecule has 2 aromatic heterocycles. The van der Waals surface area contributed by atoms with E-state index in [1.165, 1.54) is 24.3 Å². The molecule has 1 aliphatic heterocycles. The van der Waals surface area contributed by atoms with Crippen LogP contribution in [0.5, 0.6) is 5.75 Å². The lowest BCUT2D eigenvalue weighted by Gasteiger charge is -2.41. The number of carbonyl (C=O) groups excluding carboxylic acids is 1. The highest BCUT2D eigenvalue weighted by atomic mass is 19.4. The average Bonchev–Trinajstić information content (AvgIpc) is 3.57. The Balaban J connectivity index is 1.61. The van der Waals surface area contributed by atoms with E-state index >= 15 is 0 Å². The molecule has 0 saturated carbocycles. The number of aromatic nitrogens is 6. The van der Waals surface area contributed by atoms with Gasteiger partial charge in [0.05, 0.1) is 17.9 Å². The van der Waals surface area contributed by atoms with Gasteiger partial charge in [-0.3, -0.25) is 9.48 Å². The van der Waals surface area contributed by atoms with E-state index in [1.807, 2.05) is 13.8 Å². The molecule has 222 valence electrons. The lowest BCUT2D eigenvalue weighted by Crippen LogP contribution is -2.58. The van der Waals surface area contributed by atoms with Crippen LogP contribution in [0.15, 0.2) is 36.5 Å². The Morgan fingerprint density at radius 2 is 1.78 bits per heavy atom. The van der Waals surface area contributed by atoms with Crippen LogP contribution in [0, 0.1) is 5.92 Å². The SMILES string of the molecule is CC(C)Cn1ccc(C2=C(c3nnn[nH]3)C(=O)N[C@@](c3ccc(OCCCCCC(F)(F)F)cc3)(C(F)(F)F)C2)n1. The van der Waals surface area contributed by atoms with Crippen molar-refractivity contribution in [2.45, 2.75) is 70.4 Å². The predicted molar refractivity (Wildman–Crippen MR) is 135 cm³/mol. The van der Waals surface area contributed by atoms with Crippen LogP contribution in [0.3, 0.4) is 0 Å². The van der Waals surface area contributed by atoms with Crippen LogP contribution in [-0.4, -0.2) is 55.3 Å². The molecule has 2 N–H and O–H groups in total. The molecule has 41 heavy (non-hydrogen) atoms. The van der Waals surface area contributed by atoms with Crippen molar-refractivity contribution in [3.63, 3.8) is 0 Å². The van der Waals surface area contributed by atoms with Crippen molar-refractivity contribution >= 4 is 17.1 Å². The highest BCUT2D eigenvalue weighted by Gasteiger charge is 2.60. The van der Waals surface area contributed by atoms with E-state index in [-0.39, 0.29) is 52.9 Å². The second kappa shape index (κ2) is 11.9. The number of aromatic amines is 1.